The number of carboxylic acid groups (broad SMARTS) is 1. The number of ether oxygens (including phenoxy) is 2. The van der Waals surface area contributed by atoms with E-state index < -0.39 is 5.97 Å². The van der Waals surface area contributed by atoms with E-state index in [2.05, 4.69) is 10.1 Å². The van der Waals surface area contributed by atoms with Gasteiger partial charge in [-0.1, -0.05) is 0 Å². The van der Waals surface area contributed by atoms with Gasteiger partial charge in [0, 0.05) is 18.4 Å². The van der Waals surface area contributed by atoms with Crippen LogP contribution in [0, 0.1) is 0 Å². The molecule has 0 amide bonds. The third-order valence-corrected chi connectivity index (χ3v) is 2.90. The SMILES string of the molecule is COC=NCc1cn(C2CCCCO2)nc1C(=O)O. The van der Waals surface area contributed by atoms with Gasteiger partial charge in [-0.15, -0.1) is 0 Å². The smallest absolute Gasteiger partial charge is 0.356 e. The molecule has 7 heteroatoms. The van der Waals surface area contributed by atoms with Crippen molar-refractivity contribution < 1.29 is 19.4 Å². The van der Waals surface area contributed by atoms with Crippen LogP contribution in [0.1, 0.15) is 41.5 Å². The minimum absolute atomic E-state index is 0.0161. The third-order valence-electron chi connectivity index (χ3n) is 2.90. The number of hydrogen-bond donors (Lipinski definition) is 1. The summed E-state index contributed by atoms with van der Waals surface area (Å²) in [5.74, 6) is -1.06. The Morgan fingerprint density at radius 2 is 2.58 bits per heavy atom. The Labute approximate surface area is 110 Å². The Morgan fingerprint density at radius 3 is 3.21 bits per heavy atom. The van der Waals surface area contributed by atoms with Crippen LogP contribution in [0.4, 0.5) is 0 Å². The normalized spacial score (nSPS) is 19.7. The molecule has 1 aromatic heterocycles. The number of carbonyl (C=O) groups is 1. The number of nitrogens with zero attached hydrogens (tertiary/aromatic N) is 3. The molecule has 1 atom stereocenters. The minimum Gasteiger partial charge on any atom is -0.487 e. The fraction of sp³-hybridized carbons (Fsp3) is 0.583. The lowest BCUT2D eigenvalue weighted by molar-refractivity contribution is -0.0397. The van der Waals surface area contributed by atoms with Crippen LogP contribution in [0.5, 0.6) is 0 Å². The molecule has 7 nitrogen and oxygen atoms in total. The van der Waals surface area contributed by atoms with Gasteiger partial charge in [-0.25, -0.2) is 9.48 Å². The molecule has 0 bridgehead atoms. The summed E-state index contributed by atoms with van der Waals surface area (Å²) in [4.78, 5) is 15.1. The molecule has 1 aliphatic rings. The Hall–Kier alpha value is -1.89. The molecule has 2 heterocycles. The molecule has 1 saturated heterocycles. The van der Waals surface area contributed by atoms with E-state index in [4.69, 9.17) is 14.6 Å². The standard InChI is InChI=1S/C12H17N3O4/c1-18-8-13-6-9-7-15(14-11(9)12(16)17)10-4-2-3-5-19-10/h7-8,10H,2-6H2,1H3,(H,16,17). The predicted molar refractivity (Wildman–Crippen MR) is 67.2 cm³/mol. The monoisotopic (exact) mass is 267 g/mol. The fourth-order valence-electron chi connectivity index (χ4n) is 2.02. The Balaban J connectivity index is 2.18. The lowest BCUT2D eigenvalue weighted by Gasteiger charge is -2.22. The molecule has 1 aliphatic heterocycles. The van der Waals surface area contributed by atoms with Gasteiger partial charge in [-0.3, -0.25) is 4.99 Å². The van der Waals surface area contributed by atoms with Crippen molar-refractivity contribution in [1.82, 2.24) is 9.78 Å². The predicted octanol–water partition coefficient (Wildman–Crippen LogP) is 1.46. The summed E-state index contributed by atoms with van der Waals surface area (Å²) >= 11 is 0. The lowest BCUT2D eigenvalue weighted by atomic mass is 10.2. The van der Waals surface area contributed by atoms with Crippen LogP contribution in [0.15, 0.2) is 11.2 Å². The third kappa shape index (κ3) is 3.31. The zero-order chi connectivity index (χ0) is 13.7. The molecule has 1 unspecified atom stereocenters. The van der Waals surface area contributed by atoms with Crippen molar-refractivity contribution in [3.8, 4) is 0 Å². The van der Waals surface area contributed by atoms with Gasteiger partial charge < -0.3 is 14.6 Å². The van der Waals surface area contributed by atoms with Crippen molar-refractivity contribution in [3.05, 3.63) is 17.5 Å². The first-order valence-corrected chi connectivity index (χ1v) is 6.16. The van der Waals surface area contributed by atoms with E-state index in [9.17, 15) is 4.79 Å². The molecule has 104 valence electrons. The van der Waals surface area contributed by atoms with Gasteiger partial charge in [0.05, 0.1) is 13.7 Å². The van der Waals surface area contributed by atoms with E-state index in [0.717, 1.165) is 19.3 Å². The second kappa shape index (κ2) is 6.33. The van der Waals surface area contributed by atoms with E-state index in [-0.39, 0.29) is 18.5 Å². The number of carboxylic acids is 1. The lowest BCUT2D eigenvalue weighted by Crippen LogP contribution is -2.19. The zero-order valence-corrected chi connectivity index (χ0v) is 10.8. The summed E-state index contributed by atoms with van der Waals surface area (Å²) in [6.07, 6.45) is 5.74. The van der Waals surface area contributed by atoms with Gasteiger partial charge in [0.15, 0.2) is 12.1 Å². The summed E-state index contributed by atoms with van der Waals surface area (Å²) in [7, 11) is 1.49. The van der Waals surface area contributed by atoms with Gasteiger partial charge in [0.1, 0.15) is 6.23 Å². The molecule has 0 saturated carbocycles. The van der Waals surface area contributed by atoms with E-state index in [0.29, 0.717) is 12.2 Å². The van der Waals surface area contributed by atoms with Crippen LogP contribution < -0.4 is 0 Å². The Bertz CT molecular complexity index is 464. The van der Waals surface area contributed by atoms with Crippen molar-refractivity contribution in [2.45, 2.75) is 32.0 Å². The number of hydrogen-bond acceptors (Lipinski definition) is 5. The maximum absolute atomic E-state index is 11.2. The summed E-state index contributed by atoms with van der Waals surface area (Å²) in [6.45, 7) is 0.909. The van der Waals surface area contributed by atoms with Crippen LogP contribution in [0.3, 0.4) is 0 Å². The van der Waals surface area contributed by atoms with E-state index in [1.807, 2.05) is 0 Å². The highest BCUT2D eigenvalue weighted by molar-refractivity contribution is 5.87. The molecule has 0 aliphatic carbocycles. The quantitative estimate of drug-likeness (QED) is 0.644. The van der Waals surface area contributed by atoms with E-state index in [1.54, 1.807) is 10.9 Å². The van der Waals surface area contributed by atoms with Crippen molar-refractivity contribution in [3.63, 3.8) is 0 Å². The van der Waals surface area contributed by atoms with Crippen molar-refractivity contribution >= 4 is 12.4 Å². The van der Waals surface area contributed by atoms with Gasteiger partial charge in [-0.05, 0) is 19.3 Å². The number of aromatic nitrogens is 2. The van der Waals surface area contributed by atoms with E-state index in [1.165, 1.54) is 13.5 Å². The van der Waals surface area contributed by atoms with Crippen molar-refractivity contribution in [2.75, 3.05) is 13.7 Å². The zero-order valence-electron chi connectivity index (χ0n) is 10.8. The minimum atomic E-state index is -1.06. The number of aromatic carboxylic acids is 1. The number of aliphatic imine (C=N–C) groups is 1. The molecular weight excluding hydrogens is 250 g/mol. The molecule has 19 heavy (non-hydrogen) atoms. The molecule has 2 rings (SSSR count). The van der Waals surface area contributed by atoms with Crippen LogP contribution in [0.2, 0.25) is 0 Å². The summed E-state index contributed by atoms with van der Waals surface area (Å²) in [5.41, 5.74) is 0.567. The number of methoxy groups -OCH3 is 1. The topological polar surface area (TPSA) is 85.9 Å². The average molecular weight is 267 g/mol. The molecule has 1 N–H and O–H groups in total. The summed E-state index contributed by atoms with van der Waals surface area (Å²) < 4.78 is 11.9. The van der Waals surface area contributed by atoms with Crippen molar-refractivity contribution in [2.24, 2.45) is 4.99 Å². The first kappa shape index (κ1) is 13.5. The molecule has 1 aromatic rings. The highest BCUT2D eigenvalue weighted by Crippen LogP contribution is 2.23. The van der Waals surface area contributed by atoms with Crippen LogP contribution in [-0.2, 0) is 16.0 Å². The van der Waals surface area contributed by atoms with Gasteiger partial charge in [0.25, 0.3) is 0 Å². The van der Waals surface area contributed by atoms with Gasteiger partial charge >= 0.3 is 5.97 Å². The molecule has 0 radical (unpaired) electrons. The Kier molecular flexibility index (Phi) is 4.51. The summed E-state index contributed by atoms with van der Waals surface area (Å²) in [6, 6.07) is 0. The second-order valence-electron chi connectivity index (χ2n) is 4.29. The highest BCUT2D eigenvalue weighted by Gasteiger charge is 2.21. The highest BCUT2D eigenvalue weighted by atomic mass is 16.5. The number of rotatable bonds is 5. The summed E-state index contributed by atoms with van der Waals surface area (Å²) in [5, 5.41) is 13.2. The largest absolute Gasteiger partial charge is 0.487 e. The molecule has 1 fully saturated rings. The molecule has 0 spiro atoms. The van der Waals surface area contributed by atoms with Gasteiger partial charge in [0.2, 0.25) is 0 Å². The van der Waals surface area contributed by atoms with Gasteiger partial charge in [-0.2, -0.15) is 5.10 Å². The second-order valence-corrected chi connectivity index (χ2v) is 4.29. The fourth-order valence-corrected chi connectivity index (χ4v) is 2.02. The maximum atomic E-state index is 11.2. The van der Waals surface area contributed by atoms with Crippen LogP contribution in [0.25, 0.3) is 0 Å². The first-order chi connectivity index (χ1) is 9.22. The van der Waals surface area contributed by atoms with Crippen LogP contribution >= 0.6 is 0 Å². The van der Waals surface area contributed by atoms with E-state index >= 15 is 0 Å². The average Bonchev–Trinajstić information content (AvgIpc) is 2.84. The molecular formula is C12H17N3O4. The maximum Gasteiger partial charge on any atom is 0.356 e. The molecule has 0 aromatic carbocycles. The first-order valence-electron chi connectivity index (χ1n) is 6.16. The van der Waals surface area contributed by atoms with Crippen molar-refractivity contribution in [1.29, 1.82) is 0 Å². The Morgan fingerprint density at radius 1 is 1.74 bits per heavy atom. The van der Waals surface area contributed by atoms with Crippen LogP contribution in [-0.4, -0.2) is 41.0 Å².